The van der Waals surface area contributed by atoms with Gasteiger partial charge in [-0.3, -0.25) is 9.78 Å². The molecule has 0 spiro atoms. The van der Waals surface area contributed by atoms with Gasteiger partial charge in [0.25, 0.3) is 0 Å². The Kier molecular flexibility index (Phi) is 3.34. The summed E-state index contributed by atoms with van der Waals surface area (Å²) >= 11 is 0. The first-order chi connectivity index (χ1) is 11.2. The number of aromatic nitrogens is 3. The molecule has 6 nitrogen and oxygen atoms in total. The Bertz CT molecular complexity index is 707. The Morgan fingerprint density at radius 1 is 1.17 bits per heavy atom. The molecule has 2 fully saturated rings. The summed E-state index contributed by atoms with van der Waals surface area (Å²) in [5.41, 5.74) is 0.219. The highest BCUT2D eigenvalue weighted by atomic mass is 16.4. The van der Waals surface area contributed by atoms with Crippen molar-refractivity contribution in [3.63, 3.8) is 0 Å². The van der Waals surface area contributed by atoms with Crippen molar-refractivity contribution < 1.29 is 9.90 Å². The zero-order valence-electron chi connectivity index (χ0n) is 12.6. The lowest BCUT2D eigenvalue weighted by Crippen LogP contribution is -2.55. The van der Waals surface area contributed by atoms with E-state index in [2.05, 4.69) is 20.3 Å². The lowest BCUT2D eigenvalue weighted by Gasteiger charge is -2.44. The average molecular weight is 310 g/mol. The quantitative estimate of drug-likeness (QED) is 0.894. The van der Waals surface area contributed by atoms with Crippen LogP contribution in [0.15, 0.2) is 42.9 Å². The Morgan fingerprint density at radius 2 is 1.96 bits per heavy atom. The average Bonchev–Trinajstić information content (AvgIpc) is 2.88. The standard InChI is InChI=1S/C17H18N4O2/c22-16(23)13-11-5-6-17(13,12-4-1-2-7-18-12)14(21-10-11)15-19-8-3-9-20-15/h1-4,7-9,11,13-14,21H,5-6,10H2,(H,22,23). The van der Waals surface area contributed by atoms with Crippen molar-refractivity contribution in [2.75, 3.05) is 6.54 Å². The fourth-order valence-corrected chi connectivity index (χ4v) is 4.44. The molecule has 1 aliphatic carbocycles. The molecule has 4 atom stereocenters. The van der Waals surface area contributed by atoms with Crippen molar-refractivity contribution in [2.45, 2.75) is 24.3 Å². The van der Waals surface area contributed by atoms with Crippen LogP contribution in [0, 0.1) is 11.8 Å². The van der Waals surface area contributed by atoms with E-state index in [0.29, 0.717) is 12.4 Å². The lowest BCUT2D eigenvalue weighted by atomic mass is 9.65. The zero-order chi connectivity index (χ0) is 15.9. The third-order valence-corrected chi connectivity index (χ3v) is 5.31. The SMILES string of the molecule is O=C(O)C1C2CCC1(c1ccccn1)C(c1ncccn1)NC2. The molecule has 23 heavy (non-hydrogen) atoms. The summed E-state index contributed by atoms with van der Waals surface area (Å²) in [7, 11) is 0. The number of carboxylic acids is 1. The third kappa shape index (κ3) is 2.05. The molecule has 1 saturated heterocycles. The van der Waals surface area contributed by atoms with Gasteiger partial charge in [-0.25, -0.2) is 9.97 Å². The Morgan fingerprint density at radius 3 is 2.65 bits per heavy atom. The summed E-state index contributed by atoms with van der Waals surface area (Å²) in [4.78, 5) is 25.4. The summed E-state index contributed by atoms with van der Waals surface area (Å²) in [5.74, 6) is -0.452. The number of rotatable bonds is 3. The zero-order valence-corrected chi connectivity index (χ0v) is 12.6. The van der Waals surface area contributed by atoms with Crippen LogP contribution in [0.25, 0.3) is 0 Å². The molecule has 1 saturated carbocycles. The molecule has 2 bridgehead atoms. The number of hydrogen-bond donors (Lipinski definition) is 2. The molecule has 0 amide bonds. The summed E-state index contributed by atoms with van der Waals surface area (Å²) in [6.07, 6.45) is 6.79. The molecular formula is C17H18N4O2. The van der Waals surface area contributed by atoms with Crippen LogP contribution in [-0.4, -0.2) is 32.6 Å². The molecule has 2 N–H and O–H groups in total. The molecule has 6 heteroatoms. The molecule has 3 heterocycles. The molecule has 1 aliphatic heterocycles. The van der Waals surface area contributed by atoms with Crippen LogP contribution in [0.3, 0.4) is 0 Å². The van der Waals surface area contributed by atoms with E-state index in [1.165, 1.54) is 0 Å². The van der Waals surface area contributed by atoms with E-state index in [4.69, 9.17) is 0 Å². The van der Waals surface area contributed by atoms with Gasteiger partial charge in [0.1, 0.15) is 5.82 Å². The first-order valence-electron chi connectivity index (χ1n) is 7.88. The van der Waals surface area contributed by atoms with Gasteiger partial charge in [-0.05, 0) is 43.5 Å². The van der Waals surface area contributed by atoms with E-state index in [0.717, 1.165) is 18.5 Å². The van der Waals surface area contributed by atoms with E-state index in [1.807, 2.05) is 18.2 Å². The van der Waals surface area contributed by atoms with Crippen molar-refractivity contribution >= 4 is 5.97 Å². The number of fused-ring (bicyclic) bond motifs is 2. The number of carbonyl (C=O) groups is 1. The largest absolute Gasteiger partial charge is 0.481 e. The van der Waals surface area contributed by atoms with Crippen LogP contribution >= 0.6 is 0 Å². The maximum absolute atomic E-state index is 12.1. The smallest absolute Gasteiger partial charge is 0.307 e. The van der Waals surface area contributed by atoms with E-state index >= 15 is 0 Å². The summed E-state index contributed by atoms with van der Waals surface area (Å²) in [5, 5.41) is 13.4. The van der Waals surface area contributed by atoms with Crippen LogP contribution in [0.5, 0.6) is 0 Å². The van der Waals surface area contributed by atoms with Gasteiger partial charge in [-0.15, -0.1) is 0 Å². The summed E-state index contributed by atoms with van der Waals surface area (Å²) < 4.78 is 0. The van der Waals surface area contributed by atoms with E-state index in [1.54, 1.807) is 24.7 Å². The Hall–Kier alpha value is -2.34. The molecule has 2 aromatic rings. The molecule has 118 valence electrons. The molecule has 4 rings (SSSR count). The minimum Gasteiger partial charge on any atom is -0.481 e. The fourth-order valence-electron chi connectivity index (χ4n) is 4.44. The Labute approximate surface area is 134 Å². The van der Waals surface area contributed by atoms with E-state index in [-0.39, 0.29) is 12.0 Å². The second-order valence-corrected chi connectivity index (χ2v) is 6.32. The van der Waals surface area contributed by atoms with Gasteiger partial charge >= 0.3 is 5.97 Å². The molecule has 2 aromatic heterocycles. The number of aliphatic carboxylic acids is 1. The van der Waals surface area contributed by atoms with Crippen molar-refractivity contribution in [1.29, 1.82) is 0 Å². The topological polar surface area (TPSA) is 88.0 Å². The van der Waals surface area contributed by atoms with Crippen molar-refractivity contribution in [2.24, 2.45) is 11.8 Å². The highest BCUT2D eigenvalue weighted by molar-refractivity contribution is 5.74. The highest BCUT2D eigenvalue weighted by Crippen LogP contribution is 2.57. The van der Waals surface area contributed by atoms with Gasteiger partial charge in [0.05, 0.1) is 12.0 Å². The van der Waals surface area contributed by atoms with Gasteiger partial charge in [-0.2, -0.15) is 0 Å². The molecule has 2 aliphatic rings. The molecule has 4 unspecified atom stereocenters. The number of nitrogens with zero attached hydrogens (tertiary/aromatic N) is 3. The van der Waals surface area contributed by atoms with Crippen LogP contribution in [0.1, 0.15) is 30.4 Å². The first-order valence-corrected chi connectivity index (χ1v) is 7.88. The third-order valence-electron chi connectivity index (χ3n) is 5.31. The molecular weight excluding hydrogens is 292 g/mol. The van der Waals surface area contributed by atoms with Gasteiger partial charge in [-0.1, -0.05) is 6.07 Å². The van der Waals surface area contributed by atoms with Crippen molar-refractivity contribution in [3.8, 4) is 0 Å². The second-order valence-electron chi connectivity index (χ2n) is 6.32. The predicted octanol–water partition coefficient (Wildman–Crippen LogP) is 1.56. The lowest BCUT2D eigenvalue weighted by molar-refractivity contribution is -0.147. The predicted molar refractivity (Wildman–Crippen MR) is 82.5 cm³/mol. The minimum atomic E-state index is -0.749. The maximum atomic E-state index is 12.1. The molecule has 0 radical (unpaired) electrons. The number of piperidine rings is 1. The van der Waals surface area contributed by atoms with E-state index < -0.39 is 17.3 Å². The van der Waals surface area contributed by atoms with Gasteiger partial charge in [0.15, 0.2) is 0 Å². The minimum absolute atomic E-state index is 0.120. The number of pyridine rings is 1. The van der Waals surface area contributed by atoms with Crippen LogP contribution in [0.2, 0.25) is 0 Å². The van der Waals surface area contributed by atoms with Crippen LogP contribution in [0.4, 0.5) is 0 Å². The summed E-state index contributed by atoms with van der Waals surface area (Å²) in [6, 6.07) is 7.24. The van der Waals surface area contributed by atoms with Crippen molar-refractivity contribution in [3.05, 3.63) is 54.4 Å². The summed E-state index contributed by atoms with van der Waals surface area (Å²) in [6.45, 7) is 0.675. The number of carboxylic acid groups (broad SMARTS) is 1. The van der Waals surface area contributed by atoms with Gasteiger partial charge < -0.3 is 10.4 Å². The van der Waals surface area contributed by atoms with Gasteiger partial charge in [0, 0.05) is 29.7 Å². The number of hydrogen-bond acceptors (Lipinski definition) is 5. The molecule has 0 aromatic carbocycles. The van der Waals surface area contributed by atoms with Crippen LogP contribution < -0.4 is 5.32 Å². The Balaban J connectivity index is 1.90. The number of nitrogens with one attached hydrogen (secondary N) is 1. The van der Waals surface area contributed by atoms with Crippen molar-refractivity contribution in [1.82, 2.24) is 20.3 Å². The monoisotopic (exact) mass is 310 g/mol. The highest BCUT2D eigenvalue weighted by Gasteiger charge is 2.61. The van der Waals surface area contributed by atoms with Gasteiger partial charge in [0.2, 0.25) is 0 Å². The second kappa shape index (κ2) is 5.38. The van der Waals surface area contributed by atoms with Crippen LogP contribution in [-0.2, 0) is 10.2 Å². The first kappa shape index (κ1) is 14.3. The maximum Gasteiger partial charge on any atom is 0.307 e. The fraction of sp³-hybridized carbons (Fsp3) is 0.412. The van der Waals surface area contributed by atoms with E-state index in [9.17, 15) is 9.90 Å². The normalized spacial score (nSPS) is 32.6.